The lowest BCUT2D eigenvalue weighted by molar-refractivity contribution is -0.144. The van der Waals surface area contributed by atoms with Gasteiger partial charge in [-0.3, -0.25) is 0 Å². The normalized spacial score (nSPS) is 13.8. The molecule has 102 valence electrons. The van der Waals surface area contributed by atoms with Crippen molar-refractivity contribution in [2.45, 2.75) is 26.1 Å². The third-order valence-corrected chi connectivity index (χ3v) is 2.48. The second-order valence-corrected chi connectivity index (χ2v) is 4.46. The first-order chi connectivity index (χ1) is 8.24. The van der Waals surface area contributed by atoms with Crippen molar-refractivity contribution in [3.05, 3.63) is 17.0 Å². The Hall–Kier alpha value is -1.08. The molecule has 8 heteroatoms. The van der Waals surface area contributed by atoms with Crippen molar-refractivity contribution in [2.75, 3.05) is 11.9 Å². The number of alkyl halides is 3. The van der Waals surface area contributed by atoms with E-state index >= 15 is 0 Å². The molecule has 0 aromatic carbocycles. The minimum Gasteiger partial charge on any atom is -0.394 e. The summed E-state index contributed by atoms with van der Waals surface area (Å²) in [4.78, 5) is 6.44. The van der Waals surface area contributed by atoms with E-state index in [0.717, 1.165) is 0 Å². The van der Waals surface area contributed by atoms with E-state index in [0.29, 0.717) is 0 Å². The summed E-state index contributed by atoms with van der Waals surface area (Å²) in [6.07, 6.45) is -4.66. The van der Waals surface area contributed by atoms with Crippen LogP contribution in [0.4, 0.5) is 19.0 Å². The molecule has 1 aromatic heterocycles. The zero-order valence-corrected chi connectivity index (χ0v) is 10.5. The number of nitrogens with zero attached hydrogens (tertiary/aromatic N) is 2. The van der Waals surface area contributed by atoms with Gasteiger partial charge in [-0.05, 0) is 5.92 Å². The zero-order chi connectivity index (χ0) is 13.9. The summed E-state index contributed by atoms with van der Waals surface area (Å²) < 4.78 is 37.4. The van der Waals surface area contributed by atoms with E-state index in [2.05, 4.69) is 15.3 Å². The van der Waals surface area contributed by atoms with E-state index in [4.69, 9.17) is 16.7 Å². The molecule has 0 aliphatic heterocycles. The van der Waals surface area contributed by atoms with Gasteiger partial charge in [0, 0.05) is 6.07 Å². The quantitative estimate of drug-likeness (QED) is 0.834. The first kappa shape index (κ1) is 15.0. The highest BCUT2D eigenvalue weighted by Gasteiger charge is 2.35. The van der Waals surface area contributed by atoms with Gasteiger partial charge in [0.25, 0.3) is 0 Å². The Morgan fingerprint density at radius 3 is 2.44 bits per heavy atom. The smallest absolute Gasteiger partial charge is 0.394 e. The topological polar surface area (TPSA) is 58.0 Å². The van der Waals surface area contributed by atoms with Crippen molar-refractivity contribution in [1.29, 1.82) is 0 Å². The third-order valence-electron chi connectivity index (χ3n) is 2.28. The summed E-state index contributed by atoms with van der Waals surface area (Å²) in [7, 11) is 0. The fourth-order valence-electron chi connectivity index (χ4n) is 1.23. The van der Waals surface area contributed by atoms with Crippen LogP contribution in [0, 0.1) is 5.92 Å². The first-order valence-corrected chi connectivity index (χ1v) is 5.61. The summed E-state index contributed by atoms with van der Waals surface area (Å²) >= 11 is 5.51. The van der Waals surface area contributed by atoms with Crippen molar-refractivity contribution >= 4 is 17.4 Å². The molecule has 4 nitrogen and oxygen atoms in total. The number of rotatable bonds is 4. The molecule has 0 aliphatic carbocycles. The molecule has 0 radical (unpaired) electrons. The Balaban J connectivity index is 3.00. The highest BCUT2D eigenvalue weighted by atomic mass is 35.5. The van der Waals surface area contributed by atoms with Gasteiger partial charge in [0.2, 0.25) is 5.82 Å². The Morgan fingerprint density at radius 1 is 1.39 bits per heavy atom. The Labute approximate surface area is 107 Å². The van der Waals surface area contributed by atoms with Gasteiger partial charge in [0.05, 0.1) is 12.6 Å². The molecule has 0 bridgehead atoms. The predicted octanol–water partition coefficient (Wildman–Crippen LogP) is 2.58. The van der Waals surface area contributed by atoms with Gasteiger partial charge in [-0.25, -0.2) is 9.97 Å². The van der Waals surface area contributed by atoms with Gasteiger partial charge in [0.1, 0.15) is 11.0 Å². The largest absolute Gasteiger partial charge is 0.451 e. The van der Waals surface area contributed by atoms with Crippen molar-refractivity contribution < 1.29 is 18.3 Å². The lowest BCUT2D eigenvalue weighted by atomic mass is 10.1. The molecule has 1 atom stereocenters. The number of anilines is 1. The van der Waals surface area contributed by atoms with Crippen molar-refractivity contribution in [3.8, 4) is 0 Å². The Kier molecular flexibility index (Phi) is 4.75. The monoisotopic (exact) mass is 283 g/mol. The first-order valence-electron chi connectivity index (χ1n) is 5.23. The molecule has 1 aromatic rings. The number of nitrogens with one attached hydrogen (secondary N) is 1. The van der Waals surface area contributed by atoms with Crippen LogP contribution in [0.25, 0.3) is 0 Å². The highest BCUT2D eigenvalue weighted by molar-refractivity contribution is 6.29. The molecule has 18 heavy (non-hydrogen) atoms. The number of halogens is 4. The average molecular weight is 284 g/mol. The van der Waals surface area contributed by atoms with Crippen LogP contribution in [-0.4, -0.2) is 27.7 Å². The van der Waals surface area contributed by atoms with Crippen LogP contribution in [-0.2, 0) is 6.18 Å². The van der Waals surface area contributed by atoms with Gasteiger partial charge < -0.3 is 10.4 Å². The van der Waals surface area contributed by atoms with Gasteiger partial charge >= 0.3 is 6.18 Å². The molecule has 0 fully saturated rings. The lowest BCUT2D eigenvalue weighted by Crippen LogP contribution is -2.30. The SMILES string of the molecule is CC(C)C(CO)Nc1cc(Cl)nc(C(F)(F)F)n1. The van der Waals surface area contributed by atoms with Gasteiger partial charge in [-0.1, -0.05) is 25.4 Å². The minimum absolute atomic E-state index is 0.0260. The highest BCUT2D eigenvalue weighted by Crippen LogP contribution is 2.28. The summed E-state index contributed by atoms with van der Waals surface area (Å²) in [6, 6.07) is 0.777. The maximum absolute atomic E-state index is 12.5. The molecule has 1 unspecified atom stereocenters. The Bertz CT molecular complexity index is 412. The van der Waals surface area contributed by atoms with E-state index < -0.39 is 18.0 Å². The van der Waals surface area contributed by atoms with Crippen LogP contribution in [0.5, 0.6) is 0 Å². The standard InChI is InChI=1S/C10H13ClF3N3O/c1-5(2)6(4-18)15-8-3-7(11)16-9(17-8)10(12,13)14/h3,5-6,18H,4H2,1-2H3,(H,15,16,17). The van der Waals surface area contributed by atoms with Crippen LogP contribution in [0.15, 0.2) is 6.07 Å². The number of aromatic nitrogens is 2. The minimum atomic E-state index is -4.66. The van der Waals surface area contributed by atoms with Crippen LogP contribution < -0.4 is 5.32 Å². The molecule has 0 spiro atoms. The van der Waals surface area contributed by atoms with Crippen LogP contribution in [0.2, 0.25) is 5.15 Å². The molecular weight excluding hydrogens is 271 g/mol. The van der Waals surface area contributed by atoms with Gasteiger partial charge in [-0.2, -0.15) is 13.2 Å². The maximum Gasteiger partial charge on any atom is 0.451 e. The van der Waals surface area contributed by atoms with Crippen molar-refractivity contribution in [2.24, 2.45) is 5.92 Å². The van der Waals surface area contributed by atoms with E-state index in [1.807, 2.05) is 13.8 Å². The summed E-state index contributed by atoms with van der Waals surface area (Å²) in [5, 5.41) is 11.5. The van der Waals surface area contributed by atoms with Gasteiger partial charge in [0.15, 0.2) is 0 Å². The van der Waals surface area contributed by atoms with E-state index in [9.17, 15) is 13.2 Å². The number of aliphatic hydroxyl groups is 1. The number of aliphatic hydroxyl groups excluding tert-OH is 1. The molecule has 0 aliphatic rings. The summed E-state index contributed by atoms with van der Waals surface area (Å²) in [5.41, 5.74) is 0. The van der Waals surface area contributed by atoms with Crippen LogP contribution >= 0.6 is 11.6 Å². The fourth-order valence-corrected chi connectivity index (χ4v) is 1.41. The predicted molar refractivity (Wildman–Crippen MR) is 61.4 cm³/mol. The maximum atomic E-state index is 12.5. The van der Waals surface area contributed by atoms with E-state index in [1.165, 1.54) is 6.07 Å². The van der Waals surface area contributed by atoms with Crippen molar-refractivity contribution in [1.82, 2.24) is 9.97 Å². The molecule has 0 saturated carbocycles. The van der Waals surface area contributed by atoms with E-state index in [-0.39, 0.29) is 23.5 Å². The fraction of sp³-hybridized carbons (Fsp3) is 0.600. The molecule has 0 saturated heterocycles. The van der Waals surface area contributed by atoms with Crippen LogP contribution in [0.3, 0.4) is 0 Å². The summed E-state index contributed by atoms with van der Waals surface area (Å²) in [5.74, 6) is -1.34. The van der Waals surface area contributed by atoms with Crippen molar-refractivity contribution in [3.63, 3.8) is 0 Å². The third kappa shape index (κ3) is 3.99. The molecule has 0 amide bonds. The average Bonchev–Trinajstić information content (AvgIpc) is 2.23. The Morgan fingerprint density at radius 2 is 2.00 bits per heavy atom. The van der Waals surface area contributed by atoms with E-state index in [1.54, 1.807) is 0 Å². The molecular formula is C10H13ClF3N3O. The molecule has 1 rings (SSSR count). The second kappa shape index (κ2) is 5.71. The second-order valence-electron chi connectivity index (χ2n) is 4.07. The lowest BCUT2D eigenvalue weighted by Gasteiger charge is -2.20. The molecule has 2 N–H and O–H groups in total. The summed E-state index contributed by atoms with van der Waals surface area (Å²) in [6.45, 7) is 3.42. The zero-order valence-electron chi connectivity index (χ0n) is 9.79. The molecule has 1 heterocycles. The number of hydrogen-bond donors (Lipinski definition) is 2. The number of hydrogen-bond acceptors (Lipinski definition) is 4. The van der Waals surface area contributed by atoms with Crippen LogP contribution in [0.1, 0.15) is 19.7 Å². The van der Waals surface area contributed by atoms with Gasteiger partial charge in [-0.15, -0.1) is 0 Å².